The fourth-order valence-corrected chi connectivity index (χ4v) is 6.06. The number of nitrogens with one attached hydrogen (secondary N) is 8. The molecule has 0 unspecified atom stereocenters. The van der Waals surface area contributed by atoms with Gasteiger partial charge in [0.15, 0.2) is 0 Å². The fraction of sp³-hybridized carbons (Fsp3) is 0.700. The van der Waals surface area contributed by atoms with E-state index in [1.807, 2.05) is 0 Å². The molecule has 0 aliphatic heterocycles. The van der Waals surface area contributed by atoms with Crippen LogP contribution in [-0.2, 0) is 57.5 Å². The van der Waals surface area contributed by atoms with Crippen molar-refractivity contribution in [3.8, 4) is 0 Å². The third kappa shape index (κ3) is 24.6. The lowest BCUT2D eigenvalue weighted by Gasteiger charge is -2.28. The second kappa shape index (κ2) is 30.7. The number of carboxylic acid groups (broad SMARTS) is 1. The second-order valence-electron chi connectivity index (χ2n) is 16.8. The summed E-state index contributed by atoms with van der Waals surface area (Å²) in [4.78, 5) is 153. The number of rotatable bonds is 33. The lowest BCUT2D eigenvalue weighted by molar-refractivity contribution is -0.142. The first-order chi connectivity index (χ1) is 31.1. The summed E-state index contributed by atoms with van der Waals surface area (Å²) in [7, 11) is 0. The molecule has 27 heteroatoms. The number of aliphatic hydroxyl groups is 1. The van der Waals surface area contributed by atoms with Gasteiger partial charge in [0.25, 0.3) is 0 Å². The average Bonchev–Trinajstić information content (AvgIpc) is 3.21. The van der Waals surface area contributed by atoms with E-state index in [1.165, 1.54) is 27.7 Å². The molecule has 0 bridgehead atoms. The molecule has 0 fully saturated rings. The Morgan fingerprint density at radius 3 is 1.43 bits per heavy atom. The van der Waals surface area contributed by atoms with Gasteiger partial charge in [0.2, 0.25) is 65.0 Å². The van der Waals surface area contributed by atoms with Crippen molar-refractivity contribution in [2.45, 2.75) is 154 Å². The third-order valence-corrected chi connectivity index (χ3v) is 9.73. The van der Waals surface area contributed by atoms with Crippen molar-refractivity contribution in [3.63, 3.8) is 0 Å². The van der Waals surface area contributed by atoms with Crippen molar-refractivity contribution >= 4 is 70.9 Å². The zero-order valence-corrected chi connectivity index (χ0v) is 38.8. The van der Waals surface area contributed by atoms with Crippen molar-refractivity contribution < 1.29 is 67.7 Å². The van der Waals surface area contributed by atoms with Crippen LogP contribution in [0.2, 0.25) is 0 Å². The molecule has 0 aromatic rings. The van der Waals surface area contributed by atoms with Gasteiger partial charge < -0.3 is 81.4 Å². The molecular formula is C40H71N13O14. The Balaban J connectivity index is 6.25. The van der Waals surface area contributed by atoms with Gasteiger partial charge in [-0.25, -0.2) is 4.79 Å². The van der Waals surface area contributed by atoms with Crippen molar-refractivity contribution in [2.24, 2.45) is 40.5 Å². The minimum Gasteiger partial charge on any atom is -0.480 e. The minimum atomic E-state index is -1.76. The van der Waals surface area contributed by atoms with Crippen LogP contribution in [0.15, 0.2) is 0 Å². The predicted octanol–water partition coefficient (Wildman–Crippen LogP) is -6.45. The van der Waals surface area contributed by atoms with Crippen molar-refractivity contribution in [2.75, 3.05) is 13.1 Å². The van der Waals surface area contributed by atoms with Gasteiger partial charge in [0, 0.05) is 12.8 Å². The summed E-state index contributed by atoms with van der Waals surface area (Å²) in [6.45, 7) is 8.46. The quantitative estimate of drug-likeness (QED) is 0.0272. The van der Waals surface area contributed by atoms with Crippen LogP contribution < -0.4 is 71.2 Å². The van der Waals surface area contributed by atoms with Gasteiger partial charge in [0.1, 0.15) is 42.3 Å². The summed E-state index contributed by atoms with van der Waals surface area (Å²) < 4.78 is 0. The Labute approximate surface area is 388 Å². The number of primary amides is 3. The number of carbonyl (C=O) groups excluding carboxylic acids is 11. The number of aliphatic hydroxyl groups excluding tert-OH is 1. The van der Waals surface area contributed by atoms with Crippen molar-refractivity contribution in [1.29, 1.82) is 0 Å². The van der Waals surface area contributed by atoms with E-state index in [4.69, 9.17) is 28.7 Å². The van der Waals surface area contributed by atoms with Gasteiger partial charge in [-0.2, -0.15) is 0 Å². The summed E-state index contributed by atoms with van der Waals surface area (Å²) in [5, 5.41) is 38.4. The van der Waals surface area contributed by atoms with Gasteiger partial charge in [-0.3, -0.25) is 52.7 Å². The first kappa shape index (κ1) is 60.5. The van der Waals surface area contributed by atoms with Crippen LogP contribution in [0.3, 0.4) is 0 Å². The molecule has 9 atom stereocenters. The maximum atomic E-state index is 13.6. The molecular weight excluding hydrogens is 887 g/mol. The van der Waals surface area contributed by atoms with Crippen LogP contribution in [0.1, 0.15) is 99.3 Å². The molecule has 0 spiro atoms. The Morgan fingerprint density at radius 1 is 0.507 bits per heavy atom. The largest absolute Gasteiger partial charge is 0.480 e. The van der Waals surface area contributed by atoms with Crippen LogP contribution in [0.4, 0.5) is 0 Å². The van der Waals surface area contributed by atoms with E-state index in [0.717, 1.165) is 0 Å². The molecule has 20 N–H and O–H groups in total. The molecule has 0 aliphatic rings. The Morgan fingerprint density at radius 2 is 0.970 bits per heavy atom. The van der Waals surface area contributed by atoms with Crippen LogP contribution in [0.25, 0.3) is 0 Å². The number of hydrogen-bond donors (Lipinski definition) is 15. The summed E-state index contributed by atoms with van der Waals surface area (Å²) in [5.74, 6) is -12.9. The first-order valence-corrected chi connectivity index (χ1v) is 21.7. The smallest absolute Gasteiger partial charge is 0.326 e. The third-order valence-electron chi connectivity index (χ3n) is 9.73. The van der Waals surface area contributed by atoms with Crippen LogP contribution in [0.5, 0.6) is 0 Å². The van der Waals surface area contributed by atoms with Gasteiger partial charge in [-0.15, -0.1) is 0 Å². The van der Waals surface area contributed by atoms with E-state index < -0.39 is 170 Å². The number of aliphatic carboxylic acids is 1. The molecule has 0 aliphatic carbocycles. The Hall–Kier alpha value is -6.48. The number of amides is 11. The van der Waals surface area contributed by atoms with E-state index in [9.17, 15) is 67.7 Å². The molecule has 27 nitrogen and oxygen atoms in total. The molecule has 0 heterocycles. The van der Waals surface area contributed by atoms with Crippen LogP contribution >= 0.6 is 0 Å². The molecule has 0 aromatic carbocycles. The molecule has 0 rings (SSSR count). The van der Waals surface area contributed by atoms with Crippen LogP contribution in [0, 0.1) is 11.8 Å². The normalized spacial score (nSPS) is 15.1. The molecule has 0 saturated heterocycles. The van der Waals surface area contributed by atoms with E-state index in [-0.39, 0.29) is 18.8 Å². The number of carboxylic acids is 1. The van der Waals surface area contributed by atoms with E-state index in [0.29, 0.717) is 19.4 Å². The monoisotopic (exact) mass is 958 g/mol. The number of carbonyl (C=O) groups is 12. The summed E-state index contributed by atoms with van der Waals surface area (Å²) >= 11 is 0. The summed E-state index contributed by atoms with van der Waals surface area (Å²) in [6, 6.07) is -11.6. The average molecular weight is 958 g/mol. The second-order valence-corrected chi connectivity index (χ2v) is 16.8. The highest BCUT2D eigenvalue weighted by Crippen LogP contribution is 2.10. The first-order valence-electron chi connectivity index (χ1n) is 21.7. The SMILES string of the molecule is CC(C)C[C@H](NC(=O)[C@H](CC(N)=O)NC(=O)[C@H](CCC(N)=O)NC(=O)CNC(=O)[C@H](CCC(N)=O)NC(=O)[C@@H](NC(=O)[C@@H](NC(=O)[C@H](C)N)[C@@H](C)O)C(C)C)C(=O)N[C@@H](CCCCN)C(=O)O. The molecule has 0 aromatic heterocycles. The lowest BCUT2D eigenvalue weighted by atomic mass is 10.0. The molecule has 380 valence electrons. The highest BCUT2D eigenvalue weighted by Gasteiger charge is 2.35. The number of hydrogen-bond acceptors (Lipinski definition) is 15. The minimum absolute atomic E-state index is 0.00472. The van der Waals surface area contributed by atoms with Crippen molar-refractivity contribution in [1.82, 2.24) is 42.5 Å². The van der Waals surface area contributed by atoms with E-state index in [2.05, 4.69) is 42.5 Å². The highest BCUT2D eigenvalue weighted by molar-refractivity contribution is 5.98. The summed E-state index contributed by atoms with van der Waals surface area (Å²) in [6.07, 6.45) is -3.12. The van der Waals surface area contributed by atoms with Gasteiger partial charge in [0.05, 0.1) is 25.1 Å². The fourth-order valence-electron chi connectivity index (χ4n) is 6.06. The number of unbranched alkanes of at least 4 members (excludes halogenated alkanes) is 1. The Bertz CT molecular complexity index is 1760. The maximum absolute atomic E-state index is 13.6. The standard InChI is InChI=1S/C40H71N13O14/c1-18(2)15-25(36(62)49-24(40(66)67)9-7-8-14-41)50-37(63)26(16-29(45)57)51-35(61)23(11-13-28(44)56)47-30(58)17-46-34(60)22(10-12-27(43)55)48-38(64)31(19(3)4)52-39(65)32(21(6)54)53-33(59)20(5)42/h18-26,31-32,54H,7-17,41-42H2,1-6H3,(H2,43,55)(H2,44,56)(H2,45,57)(H,46,60)(H,47,58)(H,48,64)(H,49,62)(H,50,63)(H,51,61)(H,52,65)(H,53,59)(H,66,67)/t20-,21+,22-,23-,24-,25-,26-,31-,32-/m0/s1. The van der Waals surface area contributed by atoms with Crippen LogP contribution in [-0.4, -0.2) is 149 Å². The van der Waals surface area contributed by atoms with E-state index in [1.54, 1.807) is 13.8 Å². The molecule has 67 heavy (non-hydrogen) atoms. The zero-order valence-electron chi connectivity index (χ0n) is 38.8. The lowest BCUT2D eigenvalue weighted by Crippen LogP contribution is -2.61. The molecule has 0 saturated carbocycles. The van der Waals surface area contributed by atoms with E-state index >= 15 is 0 Å². The predicted molar refractivity (Wildman–Crippen MR) is 237 cm³/mol. The molecule has 0 radical (unpaired) electrons. The summed E-state index contributed by atoms with van der Waals surface area (Å²) in [5.41, 5.74) is 26.9. The topological polar surface area (TPSA) is 472 Å². The van der Waals surface area contributed by atoms with Gasteiger partial charge in [-0.05, 0) is 70.8 Å². The van der Waals surface area contributed by atoms with Gasteiger partial charge >= 0.3 is 5.97 Å². The number of nitrogens with two attached hydrogens (primary N) is 5. The maximum Gasteiger partial charge on any atom is 0.326 e. The molecule has 11 amide bonds. The highest BCUT2D eigenvalue weighted by atomic mass is 16.4. The van der Waals surface area contributed by atoms with Gasteiger partial charge in [-0.1, -0.05) is 27.7 Å². The van der Waals surface area contributed by atoms with Crippen molar-refractivity contribution in [3.05, 3.63) is 0 Å². The zero-order chi connectivity index (χ0) is 51.7. The Kier molecular flexibility index (Phi) is 27.7.